The molecule has 5 nitrogen and oxygen atoms in total. The number of benzene rings is 1. The van der Waals surface area contributed by atoms with Gasteiger partial charge in [0.2, 0.25) is 0 Å². The number of carbonyl (C=O) groups excluding carboxylic acids is 2. The van der Waals surface area contributed by atoms with Gasteiger partial charge in [-0.05, 0) is 43.4 Å². The van der Waals surface area contributed by atoms with Crippen molar-refractivity contribution < 1.29 is 27.9 Å². The van der Waals surface area contributed by atoms with E-state index in [0.29, 0.717) is 0 Å². The van der Waals surface area contributed by atoms with E-state index in [1.54, 1.807) is 6.92 Å². The van der Waals surface area contributed by atoms with Crippen LogP contribution in [0.4, 0.5) is 18.0 Å². The van der Waals surface area contributed by atoms with Crippen LogP contribution in [0.1, 0.15) is 37.0 Å². The second kappa shape index (κ2) is 5.47. The van der Waals surface area contributed by atoms with Crippen molar-refractivity contribution in [2.45, 2.75) is 37.6 Å². The van der Waals surface area contributed by atoms with Gasteiger partial charge in [0.25, 0.3) is 5.91 Å². The first-order valence-electron chi connectivity index (χ1n) is 7.62. The highest BCUT2D eigenvalue weighted by atomic mass is 19.4. The Bertz CT molecular complexity index is 687. The summed E-state index contributed by atoms with van der Waals surface area (Å²) in [6.45, 7) is 1.26. The lowest BCUT2D eigenvalue weighted by atomic mass is 9.96. The van der Waals surface area contributed by atoms with Crippen LogP contribution in [-0.4, -0.2) is 34.0 Å². The van der Waals surface area contributed by atoms with Crippen LogP contribution in [0.2, 0.25) is 0 Å². The molecule has 0 aromatic heterocycles. The van der Waals surface area contributed by atoms with Crippen molar-refractivity contribution in [2.75, 3.05) is 6.54 Å². The van der Waals surface area contributed by atoms with Crippen molar-refractivity contribution in [3.63, 3.8) is 0 Å². The zero-order valence-corrected chi connectivity index (χ0v) is 12.9. The van der Waals surface area contributed by atoms with Crippen LogP contribution in [-0.2, 0) is 11.0 Å². The molecule has 0 radical (unpaired) electrons. The van der Waals surface area contributed by atoms with Crippen molar-refractivity contribution in [2.24, 2.45) is 5.92 Å². The Labute approximate surface area is 136 Å². The molecule has 2 N–H and O–H groups in total. The third-order valence-electron chi connectivity index (χ3n) is 4.65. The predicted octanol–water partition coefficient (Wildman–Crippen LogP) is 2.46. The average molecular weight is 342 g/mol. The SMILES string of the molecule is C[C@]1(C2CC2)NC(=O)N(C[C@@H](O)c2cccc(C(F)(F)F)c2)C1=O. The maximum atomic E-state index is 12.7. The second-order valence-corrected chi connectivity index (χ2v) is 6.46. The Morgan fingerprint density at radius 3 is 2.62 bits per heavy atom. The lowest BCUT2D eigenvalue weighted by Gasteiger charge is -2.22. The minimum atomic E-state index is -4.53. The maximum Gasteiger partial charge on any atom is 0.416 e. The quantitative estimate of drug-likeness (QED) is 0.826. The number of imide groups is 1. The van der Waals surface area contributed by atoms with E-state index < -0.39 is 35.3 Å². The topological polar surface area (TPSA) is 69.6 Å². The molecule has 1 aliphatic carbocycles. The van der Waals surface area contributed by atoms with Gasteiger partial charge in [-0.15, -0.1) is 0 Å². The molecule has 8 heteroatoms. The molecule has 1 aromatic rings. The van der Waals surface area contributed by atoms with E-state index in [2.05, 4.69) is 5.32 Å². The summed E-state index contributed by atoms with van der Waals surface area (Å²) in [4.78, 5) is 25.4. The molecule has 1 saturated heterocycles. The first kappa shape index (κ1) is 16.8. The number of amides is 3. The highest BCUT2D eigenvalue weighted by Crippen LogP contribution is 2.43. The number of aliphatic hydroxyl groups excluding tert-OH is 1. The van der Waals surface area contributed by atoms with E-state index in [4.69, 9.17) is 0 Å². The predicted molar refractivity (Wildman–Crippen MR) is 77.8 cm³/mol. The Morgan fingerprint density at radius 1 is 1.38 bits per heavy atom. The van der Waals surface area contributed by atoms with Crippen molar-refractivity contribution in [1.29, 1.82) is 0 Å². The van der Waals surface area contributed by atoms with Gasteiger partial charge >= 0.3 is 12.2 Å². The molecule has 0 spiro atoms. The molecule has 1 aliphatic heterocycles. The zero-order chi connectivity index (χ0) is 17.7. The van der Waals surface area contributed by atoms with Gasteiger partial charge in [0.15, 0.2) is 0 Å². The molecule has 2 atom stereocenters. The van der Waals surface area contributed by atoms with Gasteiger partial charge in [-0.2, -0.15) is 13.2 Å². The van der Waals surface area contributed by atoms with Crippen LogP contribution >= 0.6 is 0 Å². The molecule has 2 aliphatic rings. The number of rotatable bonds is 4. The molecular weight excluding hydrogens is 325 g/mol. The molecule has 1 heterocycles. The van der Waals surface area contributed by atoms with Gasteiger partial charge in [0, 0.05) is 0 Å². The number of β-amino-alcohol motifs (C(OH)–C–C–N with tert-alkyl or cyclic N) is 1. The number of hydrogen-bond donors (Lipinski definition) is 2. The molecule has 2 fully saturated rings. The van der Waals surface area contributed by atoms with Gasteiger partial charge in [-0.25, -0.2) is 4.79 Å². The second-order valence-electron chi connectivity index (χ2n) is 6.46. The number of nitrogens with one attached hydrogen (secondary N) is 1. The van der Waals surface area contributed by atoms with E-state index in [1.165, 1.54) is 12.1 Å². The zero-order valence-electron chi connectivity index (χ0n) is 12.9. The number of hydrogen-bond acceptors (Lipinski definition) is 3. The van der Waals surface area contributed by atoms with Crippen molar-refractivity contribution in [1.82, 2.24) is 10.2 Å². The number of aliphatic hydroxyl groups is 1. The van der Waals surface area contributed by atoms with Crippen molar-refractivity contribution in [3.05, 3.63) is 35.4 Å². The van der Waals surface area contributed by atoms with E-state index >= 15 is 0 Å². The summed E-state index contributed by atoms with van der Waals surface area (Å²) in [5.74, 6) is -0.370. The first-order chi connectivity index (χ1) is 11.1. The summed E-state index contributed by atoms with van der Waals surface area (Å²) < 4.78 is 38.2. The van der Waals surface area contributed by atoms with E-state index in [9.17, 15) is 27.9 Å². The smallest absolute Gasteiger partial charge is 0.387 e. The normalized spacial score (nSPS) is 25.8. The fourth-order valence-corrected chi connectivity index (χ4v) is 3.02. The number of alkyl halides is 3. The van der Waals surface area contributed by atoms with Gasteiger partial charge in [-0.1, -0.05) is 12.1 Å². The summed E-state index contributed by atoms with van der Waals surface area (Å²) in [5, 5.41) is 12.8. The lowest BCUT2D eigenvalue weighted by molar-refractivity contribution is -0.138. The average Bonchev–Trinajstić information content (AvgIpc) is 3.33. The number of urea groups is 1. The van der Waals surface area contributed by atoms with E-state index in [-0.39, 0.29) is 18.0 Å². The Hall–Kier alpha value is -2.09. The van der Waals surface area contributed by atoms with Gasteiger partial charge < -0.3 is 10.4 Å². The molecule has 3 amide bonds. The Kier molecular flexibility index (Phi) is 3.82. The van der Waals surface area contributed by atoms with Crippen molar-refractivity contribution in [3.8, 4) is 0 Å². The first-order valence-corrected chi connectivity index (χ1v) is 7.62. The largest absolute Gasteiger partial charge is 0.416 e. The molecule has 0 unspecified atom stereocenters. The number of carbonyl (C=O) groups is 2. The van der Waals surface area contributed by atoms with E-state index in [1.807, 2.05) is 0 Å². The number of halogens is 3. The Balaban J connectivity index is 1.76. The van der Waals surface area contributed by atoms with Crippen LogP contribution < -0.4 is 5.32 Å². The third-order valence-corrected chi connectivity index (χ3v) is 4.65. The van der Waals surface area contributed by atoms with Crippen LogP contribution in [0.3, 0.4) is 0 Å². The molecule has 1 saturated carbocycles. The summed E-state index contributed by atoms with van der Waals surface area (Å²) in [6, 6.07) is 3.61. The highest BCUT2D eigenvalue weighted by molar-refractivity contribution is 6.07. The minimum absolute atomic E-state index is 0.00505. The van der Waals surface area contributed by atoms with Gasteiger partial charge in [-0.3, -0.25) is 9.69 Å². The molecule has 130 valence electrons. The molecule has 0 bridgehead atoms. The van der Waals surface area contributed by atoms with Crippen LogP contribution in [0.15, 0.2) is 24.3 Å². The van der Waals surface area contributed by atoms with Gasteiger partial charge in [0.1, 0.15) is 5.54 Å². The van der Waals surface area contributed by atoms with Crippen LogP contribution in [0, 0.1) is 5.92 Å². The minimum Gasteiger partial charge on any atom is -0.387 e. The third kappa shape index (κ3) is 2.86. The monoisotopic (exact) mass is 342 g/mol. The fourth-order valence-electron chi connectivity index (χ4n) is 3.02. The fraction of sp³-hybridized carbons (Fsp3) is 0.500. The highest BCUT2D eigenvalue weighted by Gasteiger charge is 2.56. The summed E-state index contributed by atoms with van der Waals surface area (Å²) in [5.41, 5.74) is -1.87. The molecule has 24 heavy (non-hydrogen) atoms. The van der Waals surface area contributed by atoms with Crippen LogP contribution in [0.5, 0.6) is 0 Å². The maximum absolute atomic E-state index is 12.7. The summed E-state index contributed by atoms with van der Waals surface area (Å²) >= 11 is 0. The van der Waals surface area contributed by atoms with E-state index in [0.717, 1.165) is 29.9 Å². The summed E-state index contributed by atoms with van der Waals surface area (Å²) in [6.07, 6.45) is -4.23. The molecule has 3 rings (SSSR count). The lowest BCUT2D eigenvalue weighted by Crippen LogP contribution is -2.46. The van der Waals surface area contributed by atoms with Crippen molar-refractivity contribution >= 4 is 11.9 Å². The summed E-state index contributed by atoms with van der Waals surface area (Å²) in [7, 11) is 0. The number of nitrogens with zero attached hydrogens (tertiary/aromatic N) is 1. The molecular formula is C16H17F3N2O3. The van der Waals surface area contributed by atoms with Gasteiger partial charge in [0.05, 0.1) is 18.2 Å². The van der Waals surface area contributed by atoms with Crippen LogP contribution in [0.25, 0.3) is 0 Å². The standard InChI is InChI=1S/C16H17F3N2O3/c1-15(10-5-6-10)13(23)21(14(24)20-15)8-12(22)9-3-2-4-11(7-9)16(17,18)19/h2-4,7,10,12,22H,5-6,8H2,1H3,(H,20,24)/t12-,15-/m1/s1. The Morgan fingerprint density at radius 2 is 2.04 bits per heavy atom. The molecule has 1 aromatic carbocycles.